The van der Waals surface area contributed by atoms with E-state index in [2.05, 4.69) is 32.4 Å². The summed E-state index contributed by atoms with van der Waals surface area (Å²) in [6.07, 6.45) is 4.66. The molecule has 0 saturated heterocycles. The van der Waals surface area contributed by atoms with Crippen LogP contribution in [0, 0.1) is 5.92 Å². The molecule has 2 atom stereocenters. The number of hydrogen-bond acceptors (Lipinski definition) is 6. The second kappa shape index (κ2) is 8.13. The number of amides is 1. The number of aromatic nitrogens is 4. The van der Waals surface area contributed by atoms with Gasteiger partial charge in [0.2, 0.25) is 11.1 Å². The van der Waals surface area contributed by atoms with Crippen molar-refractivity contribution < 1.29 is 9.53 Å². The maximum Gasteiger partial charge on any atom is 0.230 e. The predicted molar refractivity (Wildman–Crippen MR) is 111 cm³/mol. The van der Waals surface area contributed by atoms with E-state index >= 15 is 0 Å². The molecule has 0 radical (unpaired) electrons. The van der Waals surface area contributed by atoms with Crippen LogP contribution in [0.15, 0.2) is 17.3 Å². The predicted octanol–water partition coefficient (Wildman–Crippen LogP) is 3.96. The second-order valence-electron chi connectivity index (χ2n) is 7.14. The fraction of sp³-hybridized carbons (Fsp3) is 0.474. The minimum absolute atomic E-state index is 0.00816. The minimum Gasteiger partial charge on any atom is -0.495 e. The first kappa shape index (κ1) is 19.3. The Morgan fingerprint density at radius 2 is 2.18 bits per heavy atom. The van der Waals surface area contributed by atoms with Gasteiger partial charge in [0.05, 0.1) is 28.8 Å². The van der Waals surface area contributed by atoms with Crippen LogP contribution in [-0.2, 0) is 4.79 Å². The summed E-state index contributed by atoms with van der Waals surface area (Å²) in [4.78, 5) is 20.0. The molecule has 28 heavy (non-hydrogen) atoms. The molecule has 1 aliphatic rings. The van der Waals surface area contributed by atoms with Crippen molar-refractivity contribution in [1.29, 1.82) is 0 Å². The van der Waals surface area contributed by atoms with E-state index in [0.29, 0.717) is 33.0 Å². The quantitative estimate of drug-likeness (QED) is 0.608. The smallest absolute Gasteiger partial charge is 0.230 e. The summed E-state index contributed by atoms with van der Waals surface area (Å²) in [5, 5.41) is 13.3. The molecule has 0 spiro atoms. The zero-order valence-electron chi connectivity index (χ0n) is 15.8. The number of rotatable bonds is 5. The fourth-order valence-corrected chi connectivity index (χ4v) is 4.58. The Morgan fingerprint density at radius 3 is 2.96 bits per heavy atom. The Kier molecular flexibility index (Phi) is 5.59. The third-order valence-corrected chi connectivity index (χ3v) is 6.43. The van der Waals surface area contributed by atoms with E-state index in [-0.39, 0.29) is 17.7 Å². The summed E-state index contributed by atoms with van der Waals surface area (Å²) < 4.78 is 5.38. The lowest BCUT2D eigenvalue weighted by molar-refractivity contribution is -0.119. The van der Waals surface area contributed by atoms with Crippen molar-refractivity contribution in [2.45, 2.75) is 43.8 Å². The molecule has 148 valence electrons. The summed E-state index contributed by atoms with van der Waals surface area (Å²) in [6, 6.07) is 3.82. The van der Waals surface area contributed by atoms with Gasteiger partial charge in [-0.15, -0.1) is 10.2 Å². The first-order valence-electron chi connectivity index (χ1n) is 9.37. The Morgan fingerprint density at radius 1 is 1.36 bits per heavy atom. The van der Waals surface area contributed by atoms with E-state index in [1.807, 2.05) is 0 Å². The van der Waals surface area contributed by atoms with Gasteiger partial charge in [-0.05, 0) is 30.9 Å². The highest BCUT2D eigenvalue weighted by Crippen LogP contribution is 2.35. The van der Waals surface area contributed by atoms with Crippen LogP contribution in [0.2, 0.25) is 5.02 Å². The maximum atomic E-state index is 12.3. The standard InChI is InChI=1S/C19H22ClN5O2S/c1-10-5-3-4-6-12(10)21-14(26)9-28-19-23-18-17(24-25-19)15-11(20)7-8-13(27-2)16(15)22-18/h7-8,10,12H,3-6,9H2,1-2H3,(H,21,26)(H,22,23,25). The lowest BCUT2D eigenvalue weighted by atomic mass is 9.86. The van der Waals surface area contributed by atoms with Gasteiger partial charge in [-0.25, -0.2) is 4.98 Å². The highest BCUT2D eigenvalue weighted by atomic mass is 35.5. The number of benzene rings is 1. The number of hydrogen-bond donors (Lipinski definition) is 2. The zero-order valence-corrected chi connectivity index (χ0v) is 17.4. The van der Waals surface area contributed by atoms with Crippen LogP contribution < -0.4 is 10.1 Å². The van der Waals surface area contributed by atoms with Crippen molar-refractivity contribution in [2.75, 3.05) is 12.9 Å². The third kappa shape index (κ3) is 3.75. The monoisotopic (exact) mass is 419 g/mol. The summed E-state index contributed by atoms with van der Waals surface area (Å²) in [5.41, 5.74) is 1.89. The van der Waals surface area contributed by atoms with Gasteiger partial charge in [0.25, 0.3) is 0 Å². The van der Waals surface area contributed by atoms with E-state index in [9.17, 15) is 4.79 Å². The molecule has 7 nitrogen and oxygen atoms in total. The van der Waals surface area contributed by atoms with Gasteiger partial charge in [0, 0.05) is 6.04 Å². The molecule has 1 fully saturated rings. The van der Waals surface area contributed by atoms with Crippen LogP contribution in [0.1, 0.15) is 32.6 Å². The van der Waals surface area contributed by atoms with Crippen molar-refractivity contribution in [2.24, 2.45) is 5.92 Å². The molecule has 4 rings (SSSR count). The molecule has 2 heterocycles. The Hall–Kier alpha value is -2.06. The van der Waals surface area contributed by atoms with E-state index < -0.39 is 0 Å². The van der Waals surface area contributed by atoms with Gasteiger partial charge in [-0.3, -0.25) is 4.79 Å². The summed E-state index contributed by atoms with van der Waals surface area (Å²) >= 11 is 7.60. The Bertz CT molecular complexity index is 1020. The van der Waals surface area contributed by atoms with Gasteiger partial charge in [0.1, 0.15) is 11.3 Å². The summed E-state index contributed by atoms with van der Waals surface area (Å²) in [5.74, 6) is 1.46. The van der Waals surface area contributed by atoms with Crippen molar-refractivity contribution in [3.8, 4) is 5.75 Å². The number of aromatic amines is 1. The number of carbonyl (C=O) groups is 1. The van der Waals surface area contributed by atoms with Gasteiger partial charge in [0.15, 0.2) is 5.65 Å². The summed E-state index contributed by atoms with van der Waals surface area (Å²) in [6.45, 7) is 2.20. The molecule has 2 N–H and O–H groups in total. The third-order valence-electron chi connectivity index (χ3n) is 5.27. The molecule has 9 heteroatoms. The van der Waals surface area contributed by atoms with Crippen molar-refractivity contribution in [1.82, 2.24) is 25.5 Å². The molecule has 2 aromatic heterocycles. The van der Waals surface area contributed by atoms with Crippen LogP contribution in [0.3, 0.4) is 0 Å². The van der Waals surface area contributed by atoms with Gasteiger partial charge >= 0.3 is 0 Å². The van der Waals surface area contributed by atoms with Gasteiger partial charge < -0.3 is 15.0 Å². The zero-order chi connectivity index (χ0) is 19.7. The maximum absolute atomic E-state index is 12.3. The first-order valence-corrected chi connectivity index (χ1v) is 10.7. The topological polar surface area (TPSA) is 92.8 Å². The normalized spacial score (nSPS) is 19.8. The number of methoxy groups -OCH3 is 1. The lowest BCUT2D eigenvalue weighted by Crippen LogP contribution is -2.41. The number of nitrogens with one attached hydrogen (secondary N) is 2. The Balaban J connectivity index is 1.49. The number of halogens is 1. The lowest BCUT2D eigenvalue weighted by Gasteiger charge is -2.29. The fourth-order valence-electron chi connectivity index (χ4n) is 3.74. The molecular formula is C19H22ClN5O2S. The number of H-pyrrole nitrogens is 1. The number of fused-ring (bicyclic) bond motifs is 3. The van der Waals surface area contributed by atoms with Gasteiger partial charge in [-0.2, -0.15) is 0 Å². The molecule has 1 aliphatic carbocycles. The van der Waals surface area contributed by atoms with E-state index in [4.69, 9.17) is 16.3 Å². The molecule has 3 aromatic rings. The van der Waals surface area contributed by atoms with E-state index in [0.717, 1.165) is 17.3 Å². The number of carbonyl (C=O) groups excluding carboxylic acids is 1. The SMILES string of the molecule is COc1ccc(Cl)c2c1[nH]c1nc(SCC(=O)NC3CCCCC3C)nnc12. The van der Waals surface area contributed by atoms with Crippen LogP contribution >= 0.6 is 23.4 Å². The Labute approximate surface area is 172 Å². The molecular weight excluding hydrogens is 398 g/mol. The van der Waals surface area contributed by atoms with Crippen molar-refractivity contribution in [3.05, 3.63) is 17.2 Å². The highest BCUT2D eigenvalue weighted by Gasteiger charge is 2.23. The van der Waals surface area contributed by atoms with Crippen LogP contribution in [0.5, 0.6) is 5.75 Å². The molecule has 1 amide bonds. The first-order chi connectivity index (χ1) is 13.6. The average molecular weight is 420 g/mol. The number of nitrogens with zero attached hydrogens (tertiary/aromatic N) is 3. The van der Waals surface area contributed by atoms with Crippen LogP contribution in [0.4, 0.5) is 0 Å². The van der Waals surface area contributed by atoms with Crippen LogP contribution in [-0.4, -0.2) is 45.0 Å². The largest absolute Gasteiger partial charge is 0.495 e. The average Bonchev–Trinajstić information content (AvgIpc) is 3.08. The number of thioether (sulfide) groups is 1. The van der Waals surface area contributed by atoms with Crippen LogP contribution in [0.25, 0.3) is 22.1 Å². The summed E-state index contributed by atoms with van der Waals surface area (Å²) in [7, 11) is 1.60. The molecule has 0 aliphatic heterocycles. The van der Waals surface area contributed by atoms with Crippen molar-refractivity contribution in [3.63, 3.8) is 0 Å². The van der Waals surface area contributed by atoms with Crippen molar-refractivity contribution >= 4 is 51.3 Å². The molecule has 2 unspecified atom stereocenters. The highest BCUT2D eigenvalue weighted by molar-refractivity contribution is 7.99. The van der Waals surface area contributed by atoms with E-state index in [1.165, 1.54) is 31.0 Å². The van der Waals surface area contributed by atoms with E-state index in [1.54, 1.807) is 19.2 Å². The number of ether oxygens (including phenoxy) is 1. The molecule has 0 bridgehead atoms. The van der Waals surface area contributed by atoms with Gasteiger partial charge in [-0.1, -0.05) is 43.1 Å². The molecule has 1 aromatic carbocycles. The molecule has 1 saturated carbocycles. The second-order valence-corrected chi connectivity index (χ2v) is 8.49. The minimum atomic E-state index is 0.00816.